The number of hydrogen-bond donors (Lipinski definition) is 1. The topological polar surface area (TPSA) is 92.3 Å². The number of nitrogens with zero attached hydrogens (tertiary/aromatic N) is 3. The molecule has 4 rings (SSSR count). The zero-order valence-corrected chi connectivity index (χ0v) is 16.5. The van der Waals surface area contributed by atoms with Crippen LogP contribution in [0.4, 0.5) is 5.69 Å². The molecule has 1 aliphatic rings. The van der Waals surface area contributed by atoms with Gasteiger partial charge in [0, 0.05) is 18.5 Å². The molecule has 0 unspecified atom stereocenters. The van der Waals surface area contributed by atoms with Crippen LogP contribution in [0.25, 0.3) is 11.4 Å². The lowest BCUT2D eigenvalue weighted by atomic mass is 10.1. The molecule has 1 aromatic heterocycles. The third kappa shape index (κ3) is 3.96. The molecule has 3 amide bonds. The molecule has 1 aliphatic heterocycles. The van der Waals surface area contributed by atoms with Gasteiger partial charge in [-0.05, 0) is 25.5 Å². The van der Waals surface area contributed by atoms with Crippen LogP contribution in [0.1, 0.15) is 39.1 Å². The fourth-order valence-corrected chi connectivity index (χ4v) is 3.36. The Kier molecular flexibility index (Phi) is 5.34. The van der Waals surface area contributed by atoms with E-state index >= 15 is 0 Å². The number of imide groups is 1. The van der Waals surface area contributed by atoms with Gasteiger partial charge in [-0.2, -0.15) is 0 Å². The summed E-state index contributed by atoms with van der Waals surface area (Å²) in [5.74, 6) is -0.253. The van der Waals surface area contributed by atoms with E-state index in [0.717, 1.165) is 11.1 Å². The lowest BCUT2D eigenvalue weighted by molar-refractivity contribution is -0.116. The lowest BCUT2D eigenvalue weighted by Gasteiger charge is -2.13. The van der Waals surface area contributed by atoms with Crippen LogP contribution in [0, 0.1) is 6.92 Å². The highest BCUT2D eigenvalue weighted by Crippen LogP contribution is 2.24. The first kappa shape index (κ1) is 19.4. The van der Waals surface area contributed by atoms with E-state index in [1.807, 2.05) is 43.3 Å². The first-order valence-corrected chi connectivity index (χ1v) is 9.67. The van der Waals surface area contributed by atoms with E-state index in [1.165, 1.54) is 4.90 Å². The van der Waals surface area contributed by atoms with Gasteiger partial charge in [-0.1, -0.05) is 42.0 Å². The van der Waals surface area contributed by atoms with Gasteiger partial charge < -0.3 is 5.32 Å². The van der Waals surface area contributed by atoms with Crippen molar-refractivity contribution in [1.82, 2.24) is 14.9 Å². The molecular formula is C23H20N4O3. The maximum absolute atomic E-state index is 12.5. The van der Waals surface area contributed by atoms with Crippen molar-refractivity contribution in [3.63, 3.8) is 0 Å². The van der Waals surface area contributed by atoms with Gasteiger partial charge in [0.05, 0.1) is 29.2 Å². The van der Waals surface area contributed by atoms with Gasteiger partial charge in [0.2, 0.25) is 5.91 Å². The Labute approximate surface area is 173 Å². The summed E-state index contributed by atoms with van der Waals surface area (Å²) in [6, 6.07) is 14.8. The summed E-state index contributed by atoms with van der Waals surface area (Å²) in [5.41, 5.74) is 3.17. The second kappa shape index (κ2) is 8.24. The van der Waals surface area contributed by atoms with Crippen molar-refractivity contribution >= 4 is 23.4 Å². The van der Waals surface area contributed by atoms with Crippen molar-refractivity contribution in [3.8, 4) is 11.4 Å². The number of benzene rings is 2. The van der Waals surface area contributed by atoms with Gasteiger partial charge in [-0.3, -0.25) is 19.3 Å². The van der Waals surface area contributed by atoms with Gasteiger partial charge >= 0.3 is 0 Å². The van der Waals surface area contributed by atoms with E-state index in [0.29, 0.717) is 29.1 Å². The molecule has 2 aromatic carbocycles. The van der Waals surface area contributed by atoms with Crippen LogP contribution in [-0.2, 0) is 4.79 Å². The molecule has 0 atom stereocenters. The van der Waals surface area contributed by atoms with Crippen molar-refractivity contribution in [3.05, 3.63) is 77.6 Å². The zero-order valence-electron chi connectivity index (χ0n) is 16.5. The SMILES string of the molecule is Cc1ccc2c(c1)C(=O)N(CCCC(=O)Nc1cnc(-c3ccccc3)nc1)C2=O. The second-order valence-electron chi connectivity index (χ2n) is 7.12. The quantitative estimate of drug-likeness (QED) is 0.640. The van der Waals surface area contributed by atoms with Crippen LogP contribution in [0.3, 0.4) is 0 Å². The van der Waals surface area contributed by atoms with Gasteiger partial charge in [-0.15, -0.1) is 0 Å². The van der Waals surface area contributed by atoms with E-state index in [-0.39, 0.29) is 30.7 Å². The molecule has 0 bridgehead atoms. The number of carbonyl (C=O) groups excluding carboxylic acids is 3. The number of fused-ring (bicyclic) bond motifs is 1. The summed E-state index contributed by atoms with van der Waals surface area (Å²) >= 11 is 0. The molecule has 7 nitrogen and oxygen atoms in total. The molecule has 0 aliphatic carbocycles. The second-order valence-corrected chi connectivity index (χ2v) is 7.12. The molecule has 150 valence electrons. The normalized spacial score (nSPS) is 12.8. The fourth-order valence-electron chi connectivity index (χ4n) is 3.36. The highest BCUT2D eigenvalue weighted by atomic mass is 16.2. The summed E-state index contributed by atoms with van der Waals surface area (Å²) in [7, 11) is 0. The minimum Gasteiger partial charge on any atom is -0.323 e. The molecule has 0 saturated heterocycles. The Balaban J connectivity index is 1.29. The number of carbonyl (C=O) groups is 3. The number of nitrogens with one attached hydrogen (secondary N) is 1. The summed E-state index contributed by atoms with van der Waals surface area (Å²) in [5, 5.41) is 2.74. The number of aryl methyl sites for hydroxylation is 1. The molecule has 0 spiro atoms. The largest absolute Gasteiger partial charge is 0.323 e. The van der Waals surface area contributed by atoms with Crippen LogP contribution in [0.5, 0.6) is 0 Å². The number of rotatable bonds is 6. The first-order valence-electron chi connectivity index (χ1n) is 9.67. The number of anilines is 1. The molecule has 1 N–H and O–H groups in total. The van der Waals surface area contributed by atoms with E-state index in [4.69, 9.17) is 0 Å². The molecule has 7 heteroatoms. The number of amides is 3. The van der Waals surface area contributed by atoms with Crippen LogP contribution < -0.4 is 5.32 Å². The fraction of sp³-hybridized carbons (Fsp3) is 0.174. The first-order chi connectivity index (χ1) is 14.5. The third-order valence-corrected chi connectivity index (χ3v) is 4.88. The molecule has 3 aromatic rings. The molecule has 30 heavy (non-hydrogen) atoms. The van der Waals surface area contributed by atoms with Crippen molar-refractivity contribution in [1.29, 1.82) is 0 Å². The van der Waals surface area contributed by atoms with E-state index in [1.54, 1.807) is 24.5 Å². The van der Waals surface area contributed by atoms with Crippen LogP contribution >= 0.6 is 0 Å². The summed E-state index contributed by atoms with van der Waals surface area (Å²) in [6.07, 6.45) is 3.66. The van der Waals surface area contributed by atoms with E-state index < -0.39 is 0 Å². The molecule has 0 saturated carbocycles. The van der Waals surface area contributed by atoms with Gasteiger partial charge in [0.15, 0.2) is 5.82 Å². The van der Waals surface area contributed by atoms with Crippen molar-refractivity contribution in [2.45, 2.75) is 19.8 Å². The summed E-state index contributed by atoms with van der Waals surface area (Å²) < 4.78 is 0. The van der Waals surface area contributed by atoms with E-state index in [9.17, 15) is 14.4 Å². The maximum atomic E-state index is 12.5. The zero-order chi connectivity index (χ0) is 21.1. The minimum absolute atomic E-state index is 0.173. The Bertz CT molecular complexity index is 1110. The highest BCUT2D eigenvalue weighted by molar-refractivity contribution is 6.21. The van der Waals surface area contributed by atoms with Crippen molar-refractivity contribution in [2.75, 3.05) is 11.9 Å². The van der Waals surface area contributed by atoms with Gasteiger partial charge in [0.25, 0.3) is 11.8 Å². The Hall–Kier alpha value is -3.87. The molecule has 0 radical (unpaired) electrons. The van der Waals surface area contributed by atoms with E-state index in [2.05, 4.69) is 15.3 Å². The van der Waals surface area contributed by atoms with Gasteiger partial charge in [0.1, 0.15) is 0 Å². The average molecular weight is 400 g/mol. The standard InChI is InChI=1S/C23H20N4O3/c1-15-9-10-18-19(12-15)23(30)27(22(18)29)11-5-8-20(28)26-17-13-24-21(25-14-17)16-6-3-2-4-7-16/h2-4,6-7,9-10,12-14H,5,8,11H2,1H3,(H,26,28). The highest BCUT2D eigenvalue weighted by Gasteiger charge is 2.34. The average Bonchev–Trinajstić information content (AvgIpc) is 2.99. The maximum Gasteiger partial charge on any atom is 0.261 e. The Morgan fingerprint density at radius 2 is 1.67 bits per heavy atom. The third-order valence-electron chi connectivity index (χ3n) is 4.88. The molecule has 2 heterocycles. The lowest BCUT2D eigenvalue weighted by Crippen LogP contribution is -2.31. The predicted molar refractivity (Wildman–Crippen MR) is 112 cm³/mol. The predicted octanol–water partition coefficient (Wildman–Crippen LogP) is 3.47. The molecular weight excluding hydrogens is 380 g/mol. The van der Waals surface area contributed by atoms with Gasteiger partial charge in [-0.25, -0.2) is 9.97 Å². The molecule has 0 fully saturated rings. The Morgan fingerprint density at radius 1 is 0.967 bits per heavy atom. The smallest absolute Gasteiger partial charge is 0.261 e. The Morgan fingerprint density at radius 3 is 2.40 bits per heavy atom. The van der Waals surface area contributed by atoms with Crippen molar-refractivity contribution < 1.29 is 14.4 Å². The summed E-state index contributed by atoms with van der Waals surface area (Å²) in [4.78, 5) is 46.8. The number of hydrogen-bond acceptors (Lipinski definition) is 5. The van der Waals surface area contributed by atoms with Crippen LogP contribution in [0.2, 0.25) is 0 Å². The number of aromatic nitrogens is 2. The van der Waals surface area contributed by atoms with Crippen LogP contribution in [-0.4, -0.2) is 39.1 Å². The van der Waals surface area contributed by atoms with Crippen LogP contribution in [0.15, 0.2) is 60.9 Å². The van der Waals surface area contributed by atoms with Crippen molar-refractivity contribution in [2.24, 2.45) is 0 Å². The monoisotopic (exact) mass is 400 g/mol. The minimum atomic E-state index is -0.305. The summed E-state index contributed by atoms with van der Waals surface area (Å²) in [6.45, 7) is 2.07.